The lowest BCUT2D eigenvalue weighted by atomic mass is 10.1. The fourth-order valence-corrected chi connectivity index (χ4v) is 2.73. The molecule has 1 aliphatic rings. The molecule has 3 nitrogen and oxygen atoms in total. The summed E-state index contributed by atoms with van der Waals surface area (Å²) in [6.45, 7) is 5.44. The van der Waals surface area contributed by atoms with Gasteiger partial charge in [-0.1, -0.05) is 4.40 Å². The third kappa shape index (κ3) is 2.67. The van der Waals surface area contributed by atoms with Gasteiger partial charge in [-0.2, -0.15) is 4.39 Å². The maximum atomic E-state index is 13.6. The first-order valence-corrected chi connectivity index (χ1v) is 7.41. The van der Waals surface area contributed by atoms with Crippen LogP contribution >= 0.6 is 0 Å². The molecule has 0 spiro atoms. The molecule has 0 unspecified atom stereocenters. The zero-order valence-electron chi connectivity index (χ0n) is 11.9. The van der Waals surface area contributed by atoms with Crippen molar-refractivity contribution in [1.29, 1.82) is 0 Å². The molecule has 1 aromatic carbocycles. The topological polar surface area (TPSA) is 44.6 Å². The number of rotatable bonds is 2. The van der Waals surface area contributed by atoms with E-state index in [0.717, 1.165) is 6.07 Å². The highest BCUT2D eigenvalue weighted by atomic mass is 32.2. The summed E-state index contributed by atoms with van der Waals surface area (Å²) >= 11 is -1.42. The molecular weight excluding hydrogens is 284 g/mol. The number of ether oxygens (including phenoxy) is 1. The lowest BCUT2D eigenvalue weighted by Gasteiger charge is -2.18. The van der Waals surface area contributed by atoms with Crippen molar-refractivity contribution in [3.05, 3.63) is 28.8 Å². The zero-order chi connectivity index (χ0) is 15.1. The number of benzene rings is 1. The van der Waals surface area contributed by atoms with Gasteiger partial charge in [-0.3, -0.25) is 0 Å². The van der Waals surface area contributed by atoms with E-state index in [1.165, 1.54) is 7.11 Å². The van der Waals surface area contributed by atoms with Crippen molar-refractivity contribution in [2.75, 3.05) is 7.11 Å². The predicted octanol–water partition coefficient (Wildman–Crippen LogP) is 3.17. The van der Waals surface area contributed by atoms with Crippen LogP contribution in [0.25, 0.3) is 0 Å². The molecule has 0 amide bonds. The summed E-state index contributed by atoms with van der Waals surface area (Å²) in [6.07, 6.45) is 1.02. The minimum atomic E-state index is -1.42. The summed E-state index contributed by atoms with van der Waals surface area (Å²) in [5.74, 6) is -2.03. The second kappa shape index (κ2) is 5.33. The van der Waals surface area contributed by atoms with E-state index in [0.29, 0.717) is 29.7 Å². The quantitative estimate of drug-likeness (QED) is 0.788. The second-order valence-corrected chi connectivity index (χ2v) is 7.54. The van der Waals surface area contributed by atoms with E-state index in [9.17, 15) is 13.3 Å². The predicted molar refractivity (Wildman–Crippen MR) is 75.7 cm³/mol. The molecule has 0 aliphatic heterocycles. The molecule has 1 aromatic rings. The van der Waals surface area contributed by atoms with Gasteiger partial charge >= 0.3 is 0 Å². The smallest absolute Gasteiger partial charge is 0.200 e. The van der Waals surface area contributed by atoms with Gasteiger partial charge in [0.25, 0.3) is 0 Å². The molecule has 20 heavy (non-hydrogen) atoms. The summed E-state index contributed by atoms with van der Waals surface area (Å²) < 4.78 is 47.9. The lowest BCUT2D eigenvalue weighted by molar-refractivity contribution is 0.367. The van der Waals surface area contributed by atoms with Crippen molar-refractivity contribution in [1.82, 2.24) is 0 Å². The van der Waals surface area contributed by atoms with Crippen molar-refractivity contribution in [3.8, 4) is 5.75 Å². The summed E-state index contributed by atoms with van der Waals surface area (Å²) in [6, 6.07) is 1.11. The Morgan fingerprint density at radius 3 is 2.50 bits per heavy atom. The molecule has 1 aliphatic carbocycles. The van der Waals surface area contributed by atoms with Gasteiger partial charge in [-0.15, -0.1) is 0 Å². The van der Waals surface area contributed by atoms with Gasteiger partial charge < -0.3 is 9.29 Å². The average Bonchev–Trinajstić information content (AvgIpc) is 2.72. The lowest BCUT2D eigenvalue weighted by Crippen LogP contribution is -2.26. The summed E-state index contributed by atoms with van der Waals surface area (Å²) in [4.78, 5) is 0. The number of methoxy groups -OCH3 is 1. The van der Waals surface area contributed by atoms with Crippen LogP contribution in [0.5, 0.6) is 5.75 Å². The Labute approximate surface area is 120 Å². The van der Waals surface area contributed by atoms with Gasteiger partial charge in [0.2, 0.25) is 5.82 Å². The first kappa shape index (κ1) is 15.3. The van der Waals surface area contributed by atoms with E-state index in [4.69, 9.17) is 4.74 Å². The molecule has 0 fully saturated rings. The summed E-state index contributed by atoms with van der Waals surface area (Å²) in [5, 5.41) is 0. The molecule has 0 heterocycles. The van der Waals surface area contributed by atoms with Crippen LogP contribution in [0.15, 0.2) is 10.5 Å². The van der Waals surface area contributed by atoms with Crippen LogP contribution in [-0.4, -0.2) is 22.1 Å². The fraction of sp³-hybridized carbons (Fsp3) is 0.500. The van der Waals surface area contributed by atoms with Crippen LogP contribution in [0.4, 0.5) is 8.78 Å². The number of hydrogen-bond donors (Lipinski definition) is 0. The maximum Gasteiger partial charge on any atom is 0.200 e. The van der Waals surface area contributed by atoms with Crippen molar-refractivity contribution in [2.24, 2.45) is 4.40 Å². The van der Waals surface area contributed by atoms with Crippen molar-refractivity contribution >= 4 is 17.1 Å². The molecule has 2 rings (SSSR count). The number of hydrogen-bond acceptors (Lipinski definition) is 3. The third-order valence-corrected chi connectivity index (χ3v) is 4.56. The maximum absolute atomic E-state index is 13.6. The van der Waals surface area contributed by atoms with Gasteiger partial charge in [0.1, 0.15) is 16.1 Å². The van der Waals surface area contributed by atoms with Crippen LogP contribution in [0.2, 0.25) is 0 Å². The normalized spacial score (nSPS) is 18.2. The van der Waals surface area contributed by atoms with E-state index >= 15 is 0 Å². The Bertz CT molecular complexity index is 567. The van der Waals surface area contributed by atoms with E-state index < -0.39 is 27.7 Å². The van der Waals surface area contributed by atoms with Gasteiger partial charge in [0.05, 0.1) is 12.8 Å². The third-order valence-electron chi connectivity index (χ3n) is 3.12. The molecule has 0 aromatic heterocycles. The highest BCUT2D eigenvalue weighted by Gasteiger charge is 2.32. The van der Waals surface area contributed by atoms with Crippen LogP contribution in [-0.2, 0) is 17.8 Å². The van der Waals surface area contributed by atoms with Crippen LogP contribution in [0.1, 0.15) is 38.3 Å². The number of fused-ring (bicyclic) bond motifs is 1. The van der Waals surface area contributed by atoms with Gasteiger partial charge in [0, 0.05) is 11.1 Å². The highest BCUT2D eigenvalue weighted by molar-refractivity contribution is 7.91. The first-order chi connectivity index (χ1) is 9.25. The molecule has 0 radical (unpaired) electrons. The second-order valence-electron chi connectivity index (χ2n) is 5.63. The van der Waals surface area contributed by atoms with Crippen LogP contribution < -0.4 is 4.74 Å². The molecule has 0 saturated heterocycles. The van der Waals surface area contributed by atoms with E-state index in [1.54, 1.807) is 0 Å². The Kier molecular flexibility index (Phi) is 4.07. The van der Waals surface area contributed by atoms with Crippen LogP contribution in [0, 0.1) is 11.6 Å². The standard InChI is InChI=1S/C14H17F2NO2S/c1-14(2,3)20(18)17-11-6-5-8-9(11)7-10(15)12(16)13(8)19-4/h7H,5-6H2,1-4H3/b17-11-/t20-/m1/s1. The Morgan fingerprint density at radius 2 is 1.95 bits per heavy atom. The van der Waals surface area contributed by atoms with Crippen molar-refractivity contribution in [2.45, 2.75) is 38.4 Å². The summed E-state index contributed by atoms with van der Waals surface area (Å²) in [5.41, 5.74) is 1.64. The number of halogens is 2. The molecule has 110 valence electrons. The first-order valence-electron chi connectivity index (χ1n) is 6.30. The van der Waals surface area contributed by atoms with Crippen molar-refractivity contribution in [3.63, 3.8) is 0 Å². The SMILES string of the molecule is COc1c(F)c(F)cc2c1CC/C2=N/[S@+]([O-])C(C)(C)C. The van der Waals surface area contributed by atoms with Gasteiger partial charge in [0.15, 0.2) is 11.6 Å². The average molecular weight is 301 g/mol. The van der Waals surface area contributed by atoms with E-state index in [2.05, 4.69) is 4.40 Å². The minimum absolute atomic E-state index is 0.0771. The summed E-state index contributed by atoms with van der Waals surface area (Å²) in [7, 11) is 1.31. The van der Waals surface area contributed by atoms with Crippen LogP contribution in [0.3, 0.4) is 0 Å². The Hall–Kier alpha value is -1.14. The molecule has 0 bridgehead atoms. The Balaban J connectivity index is 2.49. The molecule has 0 saturated carbocycles. The highest BCUT2D eigenvalue weighted by Crippen LogP contribution is 2.35. The monoisotopic (exact) mass is 301 g/mol. The largest absolute Gasteiger partial charge is 0.591 e. The van der Waals surface area contributed by atoms with E-state index in [1.807, 2.05) is 20.8 Å². The molecule has 0 N–H and O–H groups in total. The molecule has 1 atom stereocenters. The van der Waals surface area contributed by atoms with Gasteiger partial charge in [-0.05, 0) is 39.7 Å². The fourth-order valence-electron chi connectivity index (χ4n) is 2.07. The molecular formula is C14H17F2NO2S. The van der Waals surface area contributed by atoms with Crippen molar-refractivity contribution < 1.29 is 18.1 Å². The Morgan fingerprint density at radius 1 is 1.30 bits per heavy atom. The minimum Gasteiger partial charge on any atom is -0.591 e. The molecule has 6 heteroatoms. The number of nitrogens with zero attached hydrogens (tertiary/aromatic N) is 1. The zero-order valence-corrected chi connectivity index (χ0v) is 12.7. The van der Waals surface area contributed by atoms with Gasteiger partial charge in [-0.25, -0.2) is 4.39 Å². The van der Waals surface area contributed by atoms with E-state index in [-0.39, 0.29) is 5.75 Å².